The zero-order chi connectivity index (χ0) is 10.1. The summed E-state index contributed by atoms with van der Waals surface area (Å²) in [6.45, 7) is 4.45. The largest absolute Gasteiger partial charge is 0.325 e. The van der Waals surface area contributed by atoms with Crippen LogP contribution in [0.1, 0.15) is 26.7 Å². The lowest BCUT2D eigenvalue weighted by Crippen LogP contribution is -2.56. The van der Waals surface area contributed by atoms with Gasteiger partial charge in [-0.3, -0.25) is 4.79 Å². The highest BCUT2D eigenvalue weighted by atomic mass is 16.2. The fourth-order valence-corrected chi connectivity index (χ4v) is 1.54. The Kier molecular flexibility index (Phi) is 2.63. The van der Waals surface area contributed by atoms with Crippen LogP contribution in [0.5, 0.6) is 0 Å². The van der Waals surface area contributed by atoms with Crippen LogP contribution in [-0.2, 0) is 4.79 Å². The molecule has 1 saturated heterocycles. The van der Waals surface area contributed by atoms with E-state index in [-0.39, 0.29) is 11.9 Å². The smallest absolute Gasteiger partial charge is 0.240 e. The van der Waals surface area contributed by atoms with Gasteiger partial charge in [0.05, 0.1) is 11.6 Å². The van der Waals surface area contributed by atoms with Gasteiger partial charge in [-0.05, 0) is 26.7 Å². The van der Waals surface area contributed by atoms with Crippen LogP contribution in [0.4, 0.5) is 0 Å². The summed E-state index contributed by atoms with van der Waals surface area (Å²) in [5, 5.41) is 0. The van der Waals surface area contributed by atoms with Gasteiger partial charge in [0.2, 0.25) is 5.91 Å². The molecule has 0 bridgehead atoms. The van der Waals surface area contributed by atoms with Gasteiger partial charge in [-0.2, -0.15) is 0 Å². The number of amides is 1. The minimum atomic E-state index is -0.505. The number of hydrogen-bond donors (Lipinski definition) is 1. The summed E-state index contributed by atoms with van der Waals surface area (Å²) in [5.41, 5.74) is 5.16. The third kappa shape index (κ3) is 1.84. The Morgan fingerprint density at radius 1 is 1.69 bits per heavy atom. The van der Waals surface area contributed by atoms with Crippen LogP contribution in [0, 0.1) is 12.3 Å². The molecule has 0 aromatic carbocycles. The number of carbonyl (C=O) groups is 1. The molecule has 0 aliphatic carbocycles. The number of carbonyl (C=O) groups excluding carboxylic acids is 1. The summed E-state index contributed by atoms with van der Waals surface area (Å²) in [7, 11) is 0. The maximum Gasteiger partial charge on any atom is 0.240 e. The van der Waals surface area contributed by atoms with E-state index in [1.807, 2.05) is 13.8 Å². The van der Waals surface area contributed by atoms with E-state index in [9.17, 15) is 4.79 Å². The lowest BCUT2D eigenvalue weighted by Gasteiger charge is -2.39. The van der Waals surface area contributed by atoms with Crippen LogP contribution < -0.4 is 5.73 Å². The topological polar surface area (TPSA) is 46.3 Å². The number of nitrogens with zero attached hydrogens (tertiary/aromatic N) is 1. The van der Waals surface area contributed by atoms with E-state index in [1.165, 1.54) is 0 Å². The number of likely N-dealkylation sites (tertiary alicyclic amines) is 1. The van der Waals surface area contributed by atoms with E-state index >= 15 is 0 Å². The standard InChI is InChI=1S/C10H16N2O/c1-4-10(2,3)12-7-5-6-8(11)9(12)13/h1,8H,5-7,11H2,2-3H3. The van der Waals surface area contributed by atoms with Gasteiger partial charge in [-0.15, -0.1) is 6.42 Å². The molecule has 3 heteroatoms. The van der Waals surface area contributed by atoms with E-state index in [0.717, 1.165) is 19.4 Å². The summed E-state index contributed by atoms with van der Waals surface area (Å²) in [5.74, 6) is 2.59. The monoisotopic (exact) mass is 180 g/mol. The highest BCUT2D eigenvalue weighted by Crippen LogP contribution is 2.20. The second kappa shape index (κ2) is 3.39. The first-order valence-corrected chi connectivity index (χ1v) is 4.54. The molecule has 1 aliphatic heterocycles. The van der Waals surface area contributed by atoms with Crippen LogP contribution in [0.25, 0.3) is 0 Å². The molecule has 0 spiro atoms. The first kappa shape index (κ1) is 10.1. The average molecular weight is 180 g/mol. The minimum absolute atomic E-state index is 0.0193. The van der Waals surface area contributed by atoms with Gasteiger partial charge in [0.25, 0.3) is 0 Å². The number of rotatable bonds is 1. The van der Waals surface area contributed by atoms with Crippen LogP contribution >= 0.6 is 0 Å². The SMILES string of the molecule is C#CC(C)(C)N1CCCC(N)C1=O. The first-order valence-electron chi connectivity index (χ1n) is 4.54. The van der Waals surface area contributed by atoms with Crippen LogP contribution in [0.2, 0.25) is 0 Å². The molecule has 0 aromatic rings. The van der Waals surface area contributed by atoms with Crippen molar-refractivity contribution in [3.05, 3.63) is 0 Å². The second-order valence-corrected chi connectivity index (χ2v) is 3.94. The fourth-order valence-electron chi connectivity index (χ4n) is 1.54. The van der Waals surface area contributed by atoms with Gasteiger partial charge < -0.3 is 10.6 Å². The summed E-state index contributed by atoms with van der Waals surface area (Å²) in [6, 6.07) is -0.360. The number of piperidine rings is 1. The minimum Gasteiger partial charge on any atom is -0.325 e. The predicted molar refractivity (Wildman–Crippen MR) is 51.8 cm³/mol. The first-order chi connectivity index (χ1) is 5.99. The fraction of sp³-hybridized carbons (Fsp3) is 0.700. The molecule has 1 unspecified atom stereocenters. The molecule has 1 rings (SSSR count). The summed E-state index contributed by atoms with van der Waals surface area (Å²) < 4.78 is 0. The highest BCUT2D eigenvalue weighted by molar-refractivity contribution is 5.83. The molecule has 2 N–H and O–H groups in total. The van der Waals surface area contributed by atoms with E-state index in [2.05, 4.69) is 5.92 Å². The lowest BCUT2D eigenvalue weighted by atomic mass is 9.97. The van der Waals surface area contributed by atoms with Crippen LogP contribution in [-0.4, -0.2) is 28.9 Å². The number of hydrogen-bond acceptors (Lipinski definition) is 2. The molecule has 1 fully saturated rings. The Labute approximate surface area is 79.3 Å². The summed E-state index contributed by atoms with van der Waals surface area (Å²) in [6.07, 6.45) is 7.08. The van der Waals surface area contributed by atoms with Gasteiger partial charge in [-0.1, -0.05) is 5.92 Å². The number of nitrogens with two attached hydrogens (primary N) is 1. The number of terminal acetylenes is 1. The van der Waals surface area contributed by atoms with Crippen molar-refractivity contribution in [2.75, 3.05) is 6.54 Å². The van der Waals surface area contributed by atoms with E-state index in [0.29, 0.717) is 0 Å². The van der Waals surface area contributed by atoms with Gasteiger partial charge in [0.1, 0.15) is 0 Å². The zero-order valence-electron chi connectivity index (χ0n) is 8.21. The molecule has 72 valence electrons. The predicted octanol–water partition coefficient (Wildman–Crippen LogP) is 0.348. The normalized spacial score (nSPS) is 24.3. The maximum atomic E-state index is 11.6. The third-order valence-corrected chi connectivity index (χ3v) is 2.51. The van der Waals surface area contributed by atoms with E-state index < -0.39 is 5.54 Å². The Balaban J connectivity index is 2.81. The van der Waals surface area contributed by atoms with E-state index in [4.69, 9.17) is 12.2 Å². The van der Waals surface area contributed by atoms with E-state index in [1.54, 1.807) is 4.90 Å². The highest BCUT2D eigenvalue weighted by Gasteiger charge is 2.34. The van der Waals surface area contributed by atoms with Crippen molar-refractivity contribution in [1.29, 1.82) is 0 Å². The Morgan fingerprint density at radius 2 is 2.31 bits per heavy atom. The van der Waals surface area contributed by atoms with Crippen LogP contribution in [0.3, 0.4) is 0 Å². The van der Waals surface area contributed by atoms with Gasteiger partial charge >= 0.3 is 0 Å². The van der Waals surface area contributed by atoms with Crippen molar-refractivity contribution in [1.82, 2.24) is 4.90 Å². The molecule has 0 radical (unpaired) electrons. The quantitative estimate of drug-likeness (QED) is 0.592. The van der Waals surface area contributed by atoms with Gasteiger partial charge in [0, 0.05) is 6.54 Å². The Bertz CT molecular complexity index is 252. The molecule has 13 heavy (non-hydrogen) atoms. The molecule has 1 aliphatic rings. The third-order valence-electron chi connectivity index (χ3n) is 2.51. The average Bonchev–Trinajstić information content (AvgIpc) is 2.09. The van der Waals surface area contributed by atoms with Crippen molar-refractivity contribution < 1.29 is 4.79 Å². The molecule has 3 nitrogen and oxygen atoms in total. The molecule has 0 aromatic heterocycles. The van der Waals surface area contributed by atoms with Crippen molar-refractivity contribution >= 4 is 5.91 Å². The summed E-state index contributed by atoms with van der Waals surface area (Å²) >= 11 is 0. The Morgan fingerprint density at radius 3 is 2.85 bits per heavy atom. The molecular formula is C10H16N2O. The maximum absolute atomic E-state index is 11.6. The molecule has 1 heterocycles. The van der Waals surface area contributed by atoms with Crippen LogP contribution in [0.15, 0.2) is 0 Å². The second-order valence-electron chi connectivity index (χ2n) is 3.94. The summed E-state index contributed by atoms with van der Waals surface area (Å²) in [4.78, 5) is 13.3. The lowest BCUT2D eigenvalue weighted by molar-refractivity contribution is -0.138. The van der Waals surface area contributed by atoms with Gasteiger partial charge in [-0.25, -0.2) is 0 Å². The zero-order valence-corrected chi connectivity index (χ0v) is 8.21. The molecular weight excluding hydrogens is 164 g/mol. The molecule has 1 amide bonds. The molecule has 0 saturated carbocycles. The Hall–Kier alpha value is -1.01. The van der Waals surface area contributed by atoms with Gasteiger partial charge in [0.15, 0.2) is 0 Å². The van der Waals surface area contributed by atoms with Crippen molar-refractivity contribution in [2.24, 2.45) is 5.73 Å². The molecule has 1 atom stereocenters. The van der Waals surface area contributed by atoms with Crippen molar-refractivity contribution in [2.45, 2.75) is 38.3 Å². The van der Waals surface area contributed by atoms with Crippen molar-refractivity contribution in [3.8, 4) is 12.3 Å². The van der Waals surface area contributed by atoms with Crippen molar-refractivity contribution in [3.63, 3.8) is 0 Å².